The third kappa shape index (κ3) is 3.85. The zero-order valence-corrected chi connectivity index (χ0v) is 14.5. The number of hydrogen-bond donors (Lipinski definition) is 1. The number of hydrogen-bond acceptors (Lipinski definition) is 3. The Morgan fingerprint density at radius 3 is 2.65 bits per heavy atom. The highest BCUT2D eigenvalue weighted by Gasteiger charge is 2.31. The van der Waals surface area contributed by atoms with Gasteiger partial charge in [-0.25, -0.2) is 8.78 Å². The van der Waals surface area contributed by atoms with Gasteiger partial charge in [-0.05, 0) is 54.8 Å². The maximum atomic E-state index is 14.3. The van der Waals surface area contributed by atoms with Crippen LogP contribution in [0.25, 0.3) is 0 Å². The molecule has 1 N–H and O–H groups in total. The molecule has 1 heterocycles. The number of carboxylic acid groups (broad SMARTS) is 1. The van der Waals surface area contributed by atoms with Crippen LogP contribution in [-0.2, 0) is 4.79 Å². The molecule has 138 valence electrons. The Hall–Kier alpha value is -2.47. The Balaban J connectivity index is 2.02. The molecule has 1 aliphatic heterocycles. The van der Waals surface area contributed by atoms with Gasteiger partial charge >= 0.3 is 5.97 Å². The van der Waals surface area contributed by atoms with Crippen LogP contribution in [0.3, 0.4) is 0 Å². The molecule has 0 spiro atoms. The van der Waals surface area contributed by atoms with Crippen molar-refractivity contribution in [2.24, 2.45) is 5.92 Å². The van der Waals surface area contributed by atoms with Gasteiger partial charge in [-0.2, -0.15) is 0 Å². The molecule has 0 bridgehead atoms. The molecule has 1 fully saturated rings. The van der Waals surface area contributed by atoms with Gasteiger partial charge in [0.1, 0.15) is 5.82 Å². The highest BCUT2D eigenvalue weighted by Crippen LogP contribution is 2.34. The first kappa shape index (κ1) is 18.3. The molecule has 2 atom stereocenters. The number of halogens is 2. The summed E-state index contributed by atoms with van der Waals surface area (Å²) in [6.07, 6.45) is 1.33. The van der Waals surface area contributed by atoms with Gasteiger partial charge in [0, 0.05) is 6.54 Å². The maximum Gasteiger partial charge on any atom is 0.307 e. The SMILES string of the molecule is COc1ccc(C(c2cccc(F)c2)N2CCCC(C(=O)O)C2)cc1F. The van der Waals surface area contributed by atoms with Crippen molar-refractivity contribution in [1.82, 2.24) is 4.90 Å². The Kier molecular flexibility index (Phi) is 5.52. The molecule has 6 heteroatoms. The smallest absolute Gasteiger partial charge is 0.307 e. The van der Waals surface area contributed by atoms with Crippen molar-refractivity contribution in [3.8, 4) is 5.75 Å². The monoisotopic (exact) mass is 361 g/mol. The molecule has 2 aromatic rings. The molecule has 1 saturated heterocycles. The standard InChI is InChI=1S/C20H21F2NO3/c1-26-18-8-7-14(11-17(18)22)19(13-4-2-6-16(21)10-13)23-9-3-5-15(12-23)20(24)25/h2,4,6-8,10-11,15,19H,3,5,9,12H2,1H3,(H,24,25). The van der Waals surface area contributed by atoms with Gasteiger partial charge in [0.15, 0.2) is 11.6 Å². The van der Waals surface area contributed by atoms with E-state index in [2.05, 4.69) is 0 Å². The summed E-state index contributed by atoms with van der Waals surface area (Å²) in [6, 6.07) is 10.4. The van der Waals surface area contributed by atoms with Gasteiger partial charge in [-0.15, -0.1) is 0 Å². The van der Waals surface area contributed by atoms with E-state index in [0.717, 1.165) is 6.42 Å². The molecule has 2 unspecified atom stereocenters. The molecule has 0 aliphatic carbocycles. The first-order valence-corrected chi connectivity index (χ1v) is 8.55. The lowest BCUT2D eigenvalue weighted by atomic mass is 9.91. The molecule has 3 rings (SSSR count). The van der Waals surface area contributed by atoms with Gasteiger partial charge in [0.05, 0.1) is 19.1 Å². The molecule has 1 aliphatic rings. The number of aliphatic carboxylic acids is 1. The molecule has 4 nitrogen and oxygen atoms in total. The Morgan fingerprint density at radius 2 is 2.00 bits per heavy atom. The second-order valence-electron chi connectivity index (χ2n) is 6.52. The lowest BCUT2D eigenvalue weighted by Gasteiger charge is -2.37. The van der Waals surface area contributed by atoms with Crippen LogP contribution in [0.4, 0.5) is 8.78 Å². The second kappa shape index (κ2) is 7.83. The Bertz CT molecular complexity index is 796. The summed E-state index contributed by atoms with van der Waals surface area (Å²) in [5, 5.41) is 9.37. The minimum atomic E-state index is -0.839. The minimum absolute atomic E-state index is 0.133. The number of carboxylic acids is 1. The van der Waals surface area contributed by atoms with Crippen molar-refractivity contribution in [2.75, 3.05) is 20.2 Å². The van der Waals surface area contributed by atoms with Crippen molar-refractivity contribution >= 4 is 5.97 Å². The lowest BCUT2D eigenvalue weighted by molar-refractivity contribution is -0.143. The zero-order valence-electron chi connectivity index (χ0n) is 14.5. The van der Waals surface area contributed by atoms with Gasteiger partial charge in [-0.3, -0.25) is 9.69 Å². The van der Waals surface area contributed by atoms with Gasteiger partial charge in [-0.1, -0.05) is 18.2 Å². The first-order chi connectivity index (χ1) is 12.5. The lowest BCUT2D eigenvalue weighted by Crippen LogP contribution is -2.41. The summed E-state index contributed by atoms with van der Waals surface area (Å²) >= 11 is 0. The number of benzene rings is 2. The molecule has 26 heavy (non-hydrogen) atoms. The normalized spacial score (nSPS) is 19.1. The molecule has 0 aromatic heterocycles. The van der Waals surface area contributed by atoms with E-state index in [0.29, 0.717) is 30.6 Å². The maximum absolute atomic E-state index is 14.3. The van der Waals surface area contributed by atoms with E-state index >= 15 is 0 Å². The van der Waals surface area contributed by atoms with Gasteiger partial charge in [0.2, 0.25) is 0 Å². The number of piperidine rings is 1. The third-order valence-electron chi connectivity index (χ3n) is 4.82. The molecular weight excluding hydrogens is 340 g/mol. The Morgan fingerprint density at radius 1 is 1.23 bits per heavy atom. The van der Waals surface area contributed by atoms with Crippen LogP contribution in [0.1, 0.15) is 30.0 Å². The molecule has 2 aromatic carbocycles. The fourth-order valence-electron chi connectivity index (χ4n) is 3.59. The van der Waals surface area contributed by atoms with E-state index in [1.165, 1.54) is 31.4 Å². The molecular formula is C20H21F2NO3. The number of carbonyl (C=O) groups is 1. The van der Waals surface area contributed by atoms with Crippen molar-refractivity contribution in [3.63, 3.8) is 0 Å². The van der Waals surface area contributed by atoms with Crippen LogP contribution in [0.5, 0.6) is 5.75 Å². The second-order valence-corrected chi connectivity index (χ2v) is 6.52. The van der Waals surface area contributed by atoms with Crippen LogP contribution in [0.2, 0.25) is 0 Å². The average molecular weight is 361 g/mol. The van der Waals surface area contributed by atoms with E-state index in [-0.39, 0.29) is 11.6 Å². The fraction of sp³-hybridized carbons (Fsp3) is 0.350. The predicted molar refractivity (Wildman–Crippen MR) is 93.1 cm³/mol. The number of likely N-dealkylation sites (tertiary alicyclic amines) is 1. The van der Waals surface area contributed by atoms with Crippen molar-refractivity contribution in [3.05, 3.63) is 65.2 Å². The minimum Gasteiger partial charge on any atom is -0.494 e. The molecule has 0 amide bonds. The first-order valence-electron chi connectivity index (χ1n) is 8.55. The van der Waals surface area contributed by atoms with E-state index in [1.54, 1.807) is 18.2 Å². The summed E-state index contributed by atoms with van der Waals surface area (Å²) < 4.78 is 33.0. The van der Waals surface area contributed by atoms with Crippen LogP contribution in [0.15, 0.2) is 42.5 Å². The summed E-state index contributed by atoms with van der Waals surface area (Å²) in [7, 11) is 1.39. The van der Waals surface area contributed by atoms with Crippen LogP contribution >= 0.6 is 0 Å². The van der Waals surface area contributed by atoms with Crippen molar-refractivity contribution in [1.29, 1.82) is 0 Å². The summed E-state index contributed by atoms with van der Waals surface area (Å²) in [5.41, 5.74) is 1.31. The number of rotatable bonds is 5. The summed E-state index contributed by atoms with van der Waals surface area (Å²) in [6.45, 7) is 1.00. The zero-order chi connectivity index (χ0) is 18.7. The van der Waals surface area contributed by atoms with Crippen LogP contribution < -0.4 is 4.74 Å². The van der Waals surface area contributed by atoms with Crippen LogP contribution in [-0.4, -0.2) is 36.2 Å². The quantitative estimate of drug-likeness (QED) is 0.879. The van der Waals surface area contributed by atoms with E-state index in [1.807, 2.05) is 4.90 Å². The summed E-state index contributed by atoms with van der Waals surface area (Å²) in [5.74, 6) is -2.07. The predicted octanol–water partition coefficient (Wildman–Crippen LogP) is 3.86. The molecule has 0 radical (unpaired) electrons. The van der Waals surface area contributed by atoms with Gasteiger partial charge < -0.3 is 9.84 Å². The largest absolute Gasteiger partial charge is 0.494 e. The van der Waals surface area contributed by atoms with Crippen molar-refractivity contribution < 1.29 is 23.4 Å². The number of nitrogens with zero attached hydrogens (tertiary/aromatic N) is 1. The van der Waals surface area contributed by atoms with E-state index < -0.39 is 23.7 Å². The highest BCUT2D eigenvalue weighted by molar-refractivity contribution is 5.70. The van der Waals surface area contributed by atoms with E-state index in [9.17, 15) is 18.7 Å². The fourth-order valence-corrected chi connectivity index (χ4v) is 3.59. The van der Waals surface area contributed by atoms with Gasteiger partial charge in [0.25, 0.3) is 0 Å². The Labute approximate surface area is 151 Å². The average Bonchev–Trinajstić information content (AvgIpc) is 2.62. The van der Waals surface area contributed by atoms with Crippen molar-refractivity contribution in [2.45, 2.75) is 18.9 Å². The third-order valence-corrected chi connectivity index (χ3v) is 4.82. The highest BCUT2D eigenvalue weighted by atomic mass is 19.1. The number of ether oxygens (including phenoxy) is 1. The van der Waals surface area contributed by atoms with Crippen LogP contribution in [0, 0.1) is 17.6 Å². The number of methoxy groups -OCH3 is 1. The topological polar surface area (TPSA) is 49.8 Å². The van der Waals surface area contributed by atoms with E-state index in [4.69, 9.17) is 4.74 Å². The molecule has 0 saturated carbocycles. The summed E-state index contributed by atoms with van der Waals surface area (Å²) in [4.78, 5) is 13.4.